The molecule has 28 heavy (non-hydrogen) atoms. The van der Waals surface area contributed by atoms with Gasteiger partial charge in [-0.1, -0.05) is 0 Å². The largest absolute Gasteiger partial charge is 0.506 e. The molecule has 0 aliphatic rings. The number of hydrogen-bond donors (Lipinski definition) is 3. The van der Waals surface area contributed by atoms with Crippen LogP contribution in [0.15, 0.2) is 17.3 Å². The van der Waals surface area contributed by atoms with Gasteiger partial charge < -0.3 is 19.7 Å². The van der Waals surface area contributed by atoms with Crippen LogP contribution in [0, 0.1) is 13.8 Å². The zero-order valence-electron chi connectivity index (χ0n) is 16.3. The van der Waals surface area contributed by atoms with E-state index in [4.69, 9.17) is 22.1 Å². The molecular formula is C18H26Cl2N2O4S2. The average Bonchev–Trinajstić information content (AvgIpc) is 2.58. The van der Waals surface area contributed by atoms with Crippen molar-refractivity contribution in [2.45, 2.75) is 43.0 Å². The van der Waals surface area contributed by atoms with E-state index in [9.17, 15) is 10.2 Å². The Morgan fingerprint density at radius 1 is 0.964 bits per heavy atom. The molecule has 1 unspecified atom stereocenters. The Kier molecular flexibility index (Phi) is 11.0. The lowest BCUT2D eigenvalue weighted by molar-refractivity contribution is 0.179. The van der Waals surface area contributed by atoms with Crippen molar-refractivity contribution in [2.24, 2.45) is 0 Å². The fourth-order valence-electron chi connectivity index (χ4n) is 2.61. The predicted molar refractivity (Wildman–Crippen MR) is 119 cm³/mol. The Morgan fingerprint density at radius 2 is 1.43 bits per heavy atom. The number of aromatic nitrogens is 2. The van der Waals surface area contributed by atoms with Gasteiger partial charge in [-0.05, 0) is 20.8 Å². The van der Waals surface area contributed by atoms with Crippen molar-refractivity contribution in [2.75, 3.05) is 14.2 Å². The fraction of sp³-hybridized carbons (Fsp3) is 0.444. The zero-order chi connectivity index (χ0) is 19.5. The van der Waals surface area contributed by atoms with E-state index >= 15 is 0 Å². The maximum absolute atomic E-state index is 10.4. The van der Waals surface area contributed by atoms with Crippen LogP contribution in [-0.4, -0.2) is 34.4 Å². The number of rotatable bonds is 7. The van der Waals surface area contributed by atoms with Crippen molar-refractivity contribution in [3.8, 4) is 11.5 Å². The van der Waals surface area contributed by atoms with Crippen molar-refractivity contribution < 1.29 is 19.7 Å². The molecule has 0 fully saturated rings. The highest BCUT2D eigenvalue weighted by molar-refractivity contribution is 8.10. The third-order valence-corrected chi connectivity index (χ3v) is 5.73. The zero-order valence-corrected chi connectivity index (χ0v) is 19.7. The van der Waals surface area contributed by atoms with Gasteiger partial charge in [0.15, 0.2) is 0 Å². The minimum atomic E-state index is -0.752. The van der Waals surface area contributed by atoms with Crippen LogP contribution in [0.1, 0.15) is 35.0 Å². The highest BCUT2D eigenvalue weighted by atomic mass is 35.5. The van der Waals surface area contributed by atoms with Gasteiger partial charge in [0.1, 0.15) is 11.5 Å². The third kappa shape index (κ3) is 5.81. The molecule has 2 heterocycles. The molecule has 2 rings (SSSR count). The summed E-state index contributed by atoms with van der Waals surface area (Å²) in [6.07, 6.45) is 3.39. The van der Waals surface area contributed by atoms with Gasteiger partial charge in [-0.3, -0.25) is 9.97 Å². The Hall–Kier alpha value is -0.900. The monoisotopic (exact) mass is 468 g/mol. The van der Waals surface area contributed by atoms with Crippen LogP contribution >= 0.6 is 49.2 Å². The minimum absolute atomic E-state index is 0. The van der Waals surface area contributed by atoms with E-state index in [2.05, 4.69) is 9.97 Å². The normalized spacial score (nSPS) is 12.6. The summed E-state index contributed by atoms with van der Waals surface area (Å²) in [4.78, 5) is 9.25. The molecule has 0 aromatic carbocycles. The maximum Gasteiger partial charge on any atom is 0.143 e. The van der Waals surface area contributed by atoms with Crippen LogP contribution in [0.25, 0.3) is 0 Å². The molecule has 2 aromatic heterocycles. The van der Waals surface area contributed by atoms with Crippen molar-refractivity contribution in [1.29, 1.82) is 0 Å². The summed E-state index contributed by atoms with van der Waals surface area (Å²) in [5.41, 5.74) is 3.10. The van der Waals surface area contributed by atoms with Gasteiger partial charge in [0, 0.05) is 48.2 Å². The number of thiol groups is 1. The van der Waals surface area contributed by atoms with E-state index in [0.29, 0.717) is 22.5 Å². The first-order valence-corrected chi connectivity index (χ1v) is 9.23. The average molecular weight is 469 g/mol. The molecule has 0 saturated heterocycles. The number of nitrogens with zero attached hydrogens (tertiary/aromatic N) is 2. The van der Waals surface area contributed by atoms with Crippen LogP contribution in [0.2, 0.25) is 0 Å². The van der Waals surface area contributed by atoms with E-state index in [1.54, 1.807) is 40.5 Å². The van der Waals surface area contributed by atoms with E-state index in [1.165, 1.54) is 11.8 Å². The Balaban J connectivity index is 0.00000364. The van der Waals surface area contributed by atoms with Crippen molar-refractivity contribution in [1.82, 2.24) is 9.97 Å². The number of pyridine rings is 2. The predicted octanol–water partition coefficient (Wildman–Crippen LogP) is 4.54. The summed E-state index contributed by atoms with van der Waals surface area (Å²) in [5.74, 6) is 0.218. The molecule has 0 amide bonds. The van der Waals surface area contributed by atoms with Gasteiger partial charge in [-0.2, -0.15) is 12.6 Å². The lowest BCUT2D eigenvalue weighted by Crippen LogP contribution is -2.15. The minimum Gasteiger partial charge on any atom is -0.506 e. The van der Waals surface area contributed by atoms with Gasteiger partial charge in [0.05, 0.1) is 28.7 Å². The summed E-state index contributed by atoms with van der Waals surface area (Å²) in [6, 6.07) is 0. The van der Waals surface area contributed by atoms with Gasteiger partial charge in [0.25, 0.3) is 0 Å². The fourth-order valence-corrected chi connectivity index (χ4v) is 4.19. The second-order valence-corrected chi connectivity index (χ2v) is 8.73. The summed E-state index contributed by atoms with van der Waals surface area (Å²) in [7, 11) is 3.14. The molecular weight excluding hydrogens is 443 g/mol. The summed E-state index contributed by atoms with van der Waals surface area (Å²) in [6.45, 7) is 5.87. The molecule has 0 spiro atoms. The van der Waals surface area contributed by atoms with E-state index in [1.807, 2.05) is 6.92 Å². The molecule has 2 aromatic rings. The number of hydrogen-bond acceptors (Lipinski definition) is 8. The van der Waals surface area contributed by atoms with Crippen LogP contribution in [0.3, 0.4) is 0 Å². The number of methoxy groups -OCH3 is 2. The molecule has 2 N–H and O–H groups in total. The SMILES string of the molecule is COCc1c(SC(C)(S)c2cnc(C)c(O)c2COC)cnc(C)c1O.Cl.Cl. The molecule has 158 valence electrons. The molecule has 0 aliphatic carbocycles. The Morgan fingerprint density at radius 3 is 1.96 bits per heavy atom. The highest BCUT2D eigenvalue weighted by Gasteiger charge is 2.30. The van der Waals surface area contributed by atoms with Crippen molar-refractivity contribution >= 4 is 49.2 Å². The van der Waals surface area contributed by atoms with E-state index in [0.717, 1.165) is 10.5 Å². The molecule has 0 radical (unpaired) electrons. The number of aromatic hydroxyl groups is 2. The molecule has 0 aliphatic heterocycles. The van der Waals surface area contributed by atoms with Crippen LogP contribution < -0.4 is 0 Å². The van der Waals surface area contributed by atoms with E-state index < -0.39 is 4.08 Å². The lowest BCUT2D eigenvalue weighted by atomic mass is 10.1. The van der Waals surface area contributed by atoms with Gasteiger partial charge in [0.2, 0.25) is 0 Å². The topological polar surface area (TPSA) is 84.7 Å². The third-order valence-electron chi connectivity index (χ3n) is 4.03. The molecule has 0 saturated carbocycles. The second kappa shape index (κ2) is 11.3. The number of thioether (sulfide) groups is 1. The van der Waals surface area contributed by atoms with Gasteiger partial charge in [-0.25, -0.2) is 0 Å². The lowest BCUT2D eigenvalue weighted by Gasteiger charge is -2.27. The van der Waals surface area contributed by atoms with Crippen LogP contribution in [0.5, 0.6) is 11.5 Å². The maximum atomic E-state index is 10.4. The summed E-state index contributed by atoms with van der Waals surface area (Å²) in [5, 5.41) is 20.7. The van der Waals surface area contributed by atoms with Crippen molar-refractivity contribution in [3.63, 3.8) is 0 Å². The van der Waals surface area contributed by atoms with Crippen LogP contribution in [-0.2, 0) is 26.8 Å². The summed E-state index contributed by atoms with van der Waals surface area (Å²) >= 11 is 6.21. The highest BCUT2D eigenvalue weighted by Crippen LogP contribution is 2.49. The molecule has 0 bridgehead atoms. The quantitative estimate of drug-likeness (QED) is 0.312. The first-order valence-electron chi connectivity index (χ1n) is 7.97. The molecule has 6 nitrogen and oxygen atoms in total. The number of aryl methyl sites for hydroxylation is 2. The van der Waals surface area contributed by atoms with Crippen molar-refractivity contribution in [3.05, 3.63) is 40.5 Å². The van der Waals surface area contributed by atoms with Gasteiger partial charge >= 0.3 is 0 Å². The first kappa shape index (κ1) is 27.1. The molecule has 10 heteroatoms. The smallest absolute Gasteiger partial charge is 0.143 e. The van der Waals surface area contributed by atoms with Gasteiger partial charge in [-0.15, -0.1) is 36.6 Å². The molecule has 1 atom stereocenters. The first-order chi connectivity index (χ1) is 12.2. The second-order valence-electron chi connectivity index (χ2n) is 6.07. The standard InChI is InChI=1S/C18H24N2O4S2.2ClH/c1-10-16(21)12(8-23-4)14(6-19-10)18(3,25)26-15-7-20-11(2)17(22)13(15)9-24-5;;/h6-7,21-22,25H,8-9H2,1-5H3;2*1H. The Labute approximate surface area is 187 Å². The van der Waals surface area contributed by atoms with Crippen LogP contribution in [0.4, 0.5) is 0 Å². The Bertz CT molecular complexity index is 808. The summed E-state index contributed by atoms with van der Waals surface area (Å²) < 4.78 is 9.71. The number of halogens is 2. The van der Waals surface area contributed by atoms with E-state index in [-0.39, 0.29) is 49.5 Å². The number of ether oxygens (including phenoxy) is 2.